The van der Waals surface area contributed by atoms with Crippen LogP contribution in [-0.2, 0) is 16.0 Å². The Bertz CT molecular complexity index is 394. The third-order valence-corrected chi connectivity index (χ3v) is 4.34. The molecule has 0 aromatic carbocycles. The molecule has 2 N–H and O–H groups in total. The van der Waals surface area contributed by atoms with E-state index in [-0.39, 0.29) is 12.0 Å². The summed E-state index contributed by atoms with van der Waals surface area (Å²) in [5.74, 6) is 0.449. The van der Waals surface area contributed by atoms with Crippen molar-refractivity contribution in [2.45, 2.75) is 25.3 Å². The normalized spacial score (nSPS) is 24.3. The summed E-state index contributed by atoms with van der Waals surface area (Å²) >= 11 is 1.74. The van der Waals surface area contributed by atoms with Gasteiger partial charge < -0.3 is 15.4 Å². The fourth-order valence-electron chi connectivity index (χ4n) is 2.77. The third kappa shape index (κ3) is 4.60. The van der Waals surface area contributed by atoms with Gasteiger partial charge in [-0.25, -0.2) is 0 Å². The number of nitrogens with two attached hydrogens (primary N) is 1. The summed E-state index contributed by atoms with van der Waals surface area (Å²) in [6.45, 7) is 2.66. The summed E-state index contributed by atoms with van der Waals surface area (Å²) < 4.78 is 4.68. The van der Waals surface area contributed by atoms with Crippen molar-refractivity contribution in [3.05, 3.63) is 22.4 Å². The lowest BCUT2D eigenvalue weighted by Crippen LogP contribution is -2.48. The number of methoxy groups -OCH3 is 1. The lowest BCUT2D eigenvalue weighted by molar-refractivity contribution is -0.141. The van der Waals surface area contributed by atoms with E-state index in [0.717, 1.165) is 32.5 Å². The van der Waals surface area contributed by atoms with Crippen molar-refractivity contribution in [2.24, 2.45) is 11.7 Å². The number of thiophene rings is 1. The third-order valence-electron chi connectivity index (χ3n) is 3.61. The maximum absolute atomic E-state index is 11.2. The summed E-state index contributed by atoms with van der Waals surface area (Å²) in [6.07, 6.45) is 2.62. The average molecular weight is 282 g/mol. The highest BCUT2D eigenvalue weighted by atomic mass is 32.1. The van der Waals surface area contributed by atoms with Gasteiger partial charge in [0.05, 0.1) is 13.5 Å². The van der Waals surface area contributed by atoms with Crippen molar-refractivity contribution in [1.29, 1.82) is 0 Å². The molecule has 0 aliphatic carbocycles. The minimum atomic E-state index is -0.145. The quantitative estimate of drug-likeness (QED) is 0.832. The molecule has 1 aliphatic heterocycles. The molecule has 0 amide bonds. The van der Waals surface area contributed by atoms with Crippen molar-refractivity contribution in [3.8, 4) is 0 Å². The summed E-state index contributed by atoms with van der Waals surface area (Å²) in [7, 11) is 1.43. The minimum Gasteiger partial charge on any atom is -0.469 e. The van der Waals surface area contributed by atoms with Gasteiger partial charge in [0.2, 0.25) is 0 Å². The highest BCUT2D eigenvalue weighted by Gasteiger charge is 2.25. The lowest BCUT2D eigenvalue weighted by Gasteiger charge is -2.36. The van der Waals surface area contributed by atoms with Crippen molar-refractivity contribution in [1.82, 2.24) is 4.90 Å². The van der Waals surface area contributed by atoms with Crippen LogP contribution in [0.4, 0.5) is 0 Å². The molecule has 0 bridgehead atoms. The van der Waals surface area contributed by atoms with Crippen molar-refractivity contribution in [2.75, 3.05) is 26.7 Å². The van der Waals surface area contributed by atoms with E-state index < -0.39 is 0 Å². The van der Waals surface area contributed by atoms with Crippen LogP contribution in [0, 0.1) is 5.92 Å². The van der Waals surface area contributed by atoms with Gasteiger partial charge in [-0.15, -0.1) is 0 Å². The van der Waals surface area contributed by atoms with E-state index >= 15 is 0 Å². The zero-order valence-electron chi connectivity index (χ0n) is 11.4. The number of hydrogen-bond donors (Lipinski definition) is 1. The number of piperidine rings is 1. The van der Waals surface area contributed by atoms with Crippen LogP contribution >= 0.6 is 11.3 Å². The van der Waals surface area contributed by atoms with Crippen molar-refractivity contribution >= 4 is 17.3 Å². The van der Waals surface area contributed by atoms with Gasteiger partial charge in [-0.2, -0.15) is 11.3 Å². The van der Waals surface area contributed by atoms with Gasteiger partial charge in [-0.05, 0) is 41.1 Å². The summed E-state index contributed by atoms with van der Waals surface area (Å²) in [6, 6.07) is 2.40. The van der Waals surface area contributed by atoms with Crippen LogP contribution in [0.2, 0.25) is 0 Å². The van der Waals surface area contributed by atoms with Crippen molar-refractivity contribution < 1.29 is 9.53 Å². The SMILES string of the molecule is COC(=O)CCN1CC(N)CC(Cc2ccsc2)C1. The van der Waals surface area contributed by atoms with Gasteiger partial charge in [-0.3, -0.25) is 4.79 Å². The first-order valence-electron chi connectivity index (χ1n) is 6.73. The Hall–Kier alpha value is -0.910. The highest BCUT2D eigenvalue weighted by molar-refractivity contribution is 7.07. The Morgan fingerprint density at radius 1 is 1.58 bits per heavy atom. The van der Waals surface area contributed by atoms with E-state index in [0.29, 0.717) is 12.3 Å². The molecule has 106 valence electrons. The fourth-order valence-corrected chi connectivity index (χ4v) is 3.45. The molecule has 2 unspecified atom stereocenters. The molecule has 1 fully saturated rings. The average Bonchev–Trinajstić information content (AvgIpc) is 2.88. The monoisotopic (exact) mass is 282 g/mol. The summed E-state index contributed by atoms with van der Waals surface area (Å²) in [5.41, 5.74) is 7.53. The molecule has 2 rings (SSSR count). The molecule has 1 aromatic rings. The largest absolute Gasteiger partial charge is 0.469 e. The Labute approximate surface area is 118 Å². The predicted molar refractivity (Wildman–Crippen MR) is 77.2 cm³/mol. The standard InChI is InChI=1S/C14H22N2O2S/c1-18-14(17)2-4-16-8-12(7-13(15)9-16)6-11-3-5-19-10-11/h3,5,10,12-13H,2,4,6-9,15H2,1H3. The smallest absolute Gasteiger partial charge is 0.306 e. The van der Waals surface area contributed by atoms with Crippen molar-refractivity contribution in [3.63, 3.8) is 0 Å². The number of carbonyl (C=O) groups excluding carboxylic acids is 1. The van der Waals surface area contributed by atoms with Gasteiger partial charge >= 0.3 is 5.97 Å². The number of esters is 1. The van der Waals surface area contributed by atoms with Gasteiger partial charge in [0, 0.05) is 25.7 Å². The molecule has 19 heavy (non-hydrogen) atoms. The Kier molecular flexibility index (Phi) is 5.36. The first kappa shape index (κ1) is 14.5. The molecule has 0 radical (unpaired) electrons. The van der Waals surface area contributed by atoms with E-state index in [1.54, 1.807) is 11.3 Å². The van der Waals surface area contributed by atoms with Crippen LogP contribution in [-0.4, -0.2) is 43.7 Å². The van der Waals surface area contributed by atoms with Gasteiger partial charge in [0.15, 0.2) is 0 Å². The van der Waals surface area contributed by atoms with Crippen LogP contribution in [0.5, 0.6) is 0 Å². The summed E-state index contributed by atoms with van der Waals surface area (Å²) in [4.78, 5) is 13.5. The molecule has 4 nitrogen and oxygen atoms in total. The van der Waals surface area contributed by atoms with Gasteiger partial charge in [0.1, 0.15) is 0 Å². The predicted octanol–water partition coefficient (Wildman–Crippen LogP) is 1.50. The van der Waals surface area contributed by atoms with Crippen LogP contribution in [0.15, 0.2) is 16.8 Å². The van der Waals surface area contributed by atoms with E-state index in [2.05, 4.69) is 26.5 Å². The number of hydrogen-bond acceptors (Lipinski definition) is 5. The number of likely N-dealkylation sites (tertiary alicyclic amines) is 1. The van der Waals surface area contributed by atoms with E-state index in [9.17, 15) is 4.79 Å². The highest BCUT2D eigenvalue weighted by Crippen LogP contribution is 2.21. The molecular formula is C14H22N2O2S. The van der Waals surface area contributed by atoms with Crippen LogP contribution in [0.3, 0.4) is 0 Å². The maximum Gasteiger partial charge on any atom is 0.306 e. The fraction of sp³-hybridized carbons (Fsp3) is 0.643. The Morgan fingerprint density at radius 3 is 3.11 bits per heavy atom. The second kappa shape index (κ2) is 7.03. The van der Waals surface area contributed by atoms with Gasteiger partial charge in [0.25, 0.3) is 0 Å². The van der Waals surface area contributed by atoms with Crippen LogP contribution < -0.4 is 5.73 Å². The minimum absolute atomic E-state index is 0.145. The molecular weight excluding hydrogens is 260 g/mol. The zero-order valence-corrected chi connectivity index (χ0v) is 12.2. The Morgan fingerprint density at radius 2 is 2.42 bits per heavy atom. The second-order valence-electron chi connectivity index (χ2n) is 5.28. The molecule has 1 aliphatic rings. The Balaban J connectivity index is 1.83. The zero-order chi connectivity index (χ0) is 13.7. The van der Waals surface area contributed by atoms with E-state index in [1.165, 1.54) is 12.7 Å². The summed E-state index contributed by atoms with van der Waals surface area (Å²) in [5, 5.41) is 4.33. The molecule has 1 aromatic heterocycles. The van der Waals surface area contributed by atoms with E-state index in [4.69, 9.17) is 5.73 Å². The second-order valence-corrected chi connectivity index (χ2v) is 6.06. The molecule has 2 heterocycles. The first-order chi connectivity index (χ1) is 9.17. The molecule has 0 saturated carbocycles. The van der Waals surface area contributed by atoms with Crippen LogP contribution in [0.25, 0.3) is 0 Å². The van der Waals surface area contributed by atoms with Crippen LogP contribution in [0.1, 0.15) is 18.4 Å². The molecule has 1 saturated heterocycles. The van der Waals surface area contributed by atoms with Gasteiger partial charge in [-0.1, -0.05) is 0 Å². The number of rotatable bonds is 5. The lowest BCUT2D eigenvalue weighted by atomic mass is 9.90. The number of carbonyl (C=O) groups is 1. The molecule has 5 heteroatoms. The molecule has 0 spiro atoms. The molecule has 2 atom stereocenters. The maximum atomic E-state index is 11.2. The number of ether oxygens (including phenoxy) is 1. The number of nitrogens with zero attached hydrogens (tertiary/aromatic N) is 1. The van der Waals surface area contributed by atoms with E-state index in [1.807, 2.05) is 0 Å². The topological polar surface area (TPSA) is 55.6 Å². The first-order valence-corrected chi connectivity index (χ1v) is 7.67.